The van der Waals surface area contributed by atoms with E-state index in [-0.39, 0.29) is 5.54 Å². The maximum atomic E-state index is 6.11. The molecule has 0 aliphatic carbocycles. The Morgan fingerprint density at radius 3 is 2.46 bits per heavy atom. The third kappa shape index (κ3) is 2.68. The number of hydrogen-bond donors (Lipinski definition) is 1. The van der Waals surface area contributed by atoms with Gasteiger partial charge in [-0.05, 0) is 31.0 Å². The van der Waals surface area contributed by atoms with Crippen molar-refractivity contribution in [3.8, 4) is 0 Å². The fourth-order valence-corrected chi connectivity index (χ4v) is 1.51. The van der Waals surface area contributed by atoms with Gasteiger partial charge in [0.25, 0.3) is 0 Å². The summed E-state index contributed by atoms with van der Waals surface area (Å²) in [5, 5.41) is 0. The SMILES string of the molecule is C=CCC(C)(N)c1ccc(Br)cc1. The summed E-state index contributed by atoms with van der Waals surface area (Å²) < 4.78 is 1.07. The standard InChI is InChI=1S/C11H14BrN/c1-3-8-11(2,13)9-4-6-10(12)7-5-9/h3-7H,1,8,13H2,2H3. The van der Waals surface area contributed by atoms with Gasteiger partial charge >= 0.3 is 0 Å². The summed E-state index contributed by atoms with van der Waals surface area (Å²) in [6.45, 7) is 5.71. The highest BCUT2D eigenvalue weighted by Gasteiger charge is 2.18. The van der Waals surface area contributed by atoms with Crippen LogP contribution in [-0.2, 0) is 5.54 Å². The Morgan fingerprint density at radius 1 is 1.46 bits per heavy atom. The first kappa shape index (κ1) is 10.5. The zero-order valence-corrected chi connectivity index (χ0v) is 9.34. The first-order valence-corrected chi connectivity index (χ1v) is 5.01. The molecule has 0 saturated carbocycles. The van der Waals surface area contributed by atoms with Crippen LogP contribution in [0.3, 0.4) is 0 Å². The summed E-state index contributed by atoms with van der Waals surface area (Å²) >= 11 is 3.39. The van der Waals surface area contributed by atoms with Crippen LogP contribution in [0, 0.1) is 0 Å². The molecule has 0 heterocycles. The Labute approximate surface area is 87.8 Å². The van der Waals surface area contributed by atoms with Crippen LogP contribution in [0.1, 0.15) is 18.9 Å². The molecule has 1 rings (SSSR count). The highest BCUT2D eigenvalue weighted by atomic mass is 79.9. The normalized spacial score (nSPS) is 15.0. The smallest absolute Gasteiger partial charge is 0.0415 e. The minimum Gasteiger partial charge on any atom is -0.321 e. The highest BCUT2D eigenvalue weighted by molar-refractivity contribution is 9.10. The average molecular weight is 240 g/mol. The first-order chi connectivity index (χ1) is 6.06. The molecule has 1 unspecified atom stereocenters. The quantitative estimate of drug-likeness (QED) is 0.806. The van der Waals surface area contributed by atoms with E-state index in [1.807, 2.05) is 37.3 Å². The summed E-state index contributed by atoms with van der Waals surface area (Å²) in [5.74, 6) is 0. The van der Waals surface area contributed by atoms with E-state index in [1.165, 1.54) is 0 Å². The minimum atomic E-state index is -0.303. The van der Waals surface area contributed by atoms with E-state index < -0.39 is 0 Å². The van der Waals surface area contributed by atoms with Gasteiger partial charge in [-0.2, -0.15) is 0 Å². The molecule has 70 valence electrons. The summed E-state index contributed by atoms with van der Waals surface area (Å²) in [6.07, 6.45) is 2.64. The van der Waals surface area contributed by atoms with E-state index in [0.29, 0.717) is 0 Å². The summed E-state index contributed by atoms with van der Waals surface area (Å²) in [7, 11) is 0. The average Bonchev–Trinajstić information content (AvgIpc) is 2.05. The second-order valence-electron chi connectivity index (χ2n) is 3.42. The highest BCUT2D eigenvalue weighted by Crippen LogP contribution is 2.23. The van der Waals surface area contributed by atoms with E-state index in [4.69, 9.17) is 5.73 Å². The van der Waals surface area contributed by atoms with Crippen LogP contribution >= 0.6 is 15.9 Å². The van der Waals surface area contributed by atoms with Gasteiger partial charge in [0.05, 0.1) is 0 Å². The monoisotopic (exact) mass is 239 g/mol. The summed E-state index contributed by atoms with van der Waals surface area (Å²) in [4.78, 5) is 0. The van der Waals surface area contributed by atoms with Crippen LogP contribution < -0.4 is 5.73 Å². The fourth-order valence-electron chi connectivity index (χ4n) is 1.25. The van der Waals surface area contributed by atoms with E-state index >= 15 is 0 Å². The molecule has 0 bridgehead atoms. The Kier molecular flexibility index (Phi) is 3.28. The van der Waals surface area contributed by atoms with Crippen molar-refractivity contribution in [3.05, 3.63) is 47.0 Å². The topological polar surface area (TPSA) is 26.0 Å². The lowest BCUT2D eigenvalue weighted by molar-refractivity contribution is 0.502. The molecule has 1 atom stereocenters. The van der Waals surface area contributed by atoms with Gasteiger partial charge in [0.2, 0.25) is 0 Å². The molecular formula is C11H14BrN. The van der Waals surface area contributed by atoms with Gasteiger partial charge in [0.1, 0.15) is 0 Å². The molecule has 1 nitrogen and oxygen atoms in total. The van der Waals surface area contributed by atoms with Crippen LogP contribution in [-0.4, -0.2) is 0 Å². The lowest BCUT2D eigenvalue weighted by Crippen LogP contribution is -2.32. The summed E-state index contributed by atoms with van der Waals surface area (Å²) in [5.41, 5.74) is 6.94. The van der Waals surface area contributed by atoms with Gasteiger partial charge < -0.3 is 5.73 Å². The Balaban J connectivity index is 2.93. The molecule has 2 N–H and O–H groups in total. The molecule has 0 aromatic heterocycles. The second kappa shape index (κ2) is 4.07. The Hall–Kier alpha value is -0.600. The number of hydrogen-bond acceptors (Lipinski definition) is 1. The lowest BCUT2D eigenvalue weighted by Gasteiger charge is -2.23. The van der Waals surface area contributed by atoms with Crippen LogP contribution in [0.25, 0.3) is 0 Å². The van der Waals surface area contributed by atoms with Crippen LogP contribution in [0.15, 0.2) is 41.4 Å². The van der Waals surface area contributed by atoms with Gasteiger partial charge in [0.15, 0.2) is 0 Å². The molecule has 1 aromatic carbocycles. The van der Waals surface area contributed by atoms with Crippen LogP contribution in [0.5, 0.6) is 0 Å². The van der Waals surface area contributed by atoms with Crippen molar-refractivity contribution in [1.29, 1.82) is 0 Å². The van der Waals surface area contributed by atoms with Gasteiger partial charge in [-0.25, -0.2) is 0 Å². The molecule has 0 radical (unpaired) electrons. The fraction of sp³-hybridized carbons (Fsp3) is 0.273. The summed E-state index contributed by atoms with van der Waals surface area (Å²) in [6, 6.07) is 8.08. The largest absolute Gasteiger partial charge is 0.321 e. The van der Waals surface area contributed by atoms with Crippen molar-refractivity contribution in [3.63, 3.8) is 0 Å². The Morgan fingerprint density at radius 2 is 2.00 bits per heavy atom. The maximum Gasteiger partial charge on any atom is 0.0415 e. The van der Waals surface area contributed by atoms with Gasteiger partial charge in [-0.1, -0.05) is 34.1 Å². The predicted octanol–water partition coefficient (Wildman–Crippen LogP) is 3.20. The van der Waals surface area contributed by atoms with E-state index in [2.05, 4.69) is 22.5 Å². The van der Waals surface area contributed by atoms with Crippen molar-refractivity contribution in [2.75, 3.05) is 0 Å². The lowest BCUT2D eigenvalue weighted by atomic mass is 9.90. The molecule has 0 spiro atoms. The molecule has 13 heavy (non-hydrogen) atoms. The molecular weight excluding hydrogens is 226 g/mol. The predicted molar refractivity (Wildman–Crippen MR) is 60.5 cm³/mol. The van der Waals surface area contributed by atoms with Crippen molar-refractivity contribution < 1.29 is 0 Å². The van der Waals surface area contributed by atoms with Gasteiger partial charge in [-0.15, -0.1) is 6.58 Å². The molecule has 0 saturated heterocycles. The minimum absolute atomic E-state index is 0.303. The molecule has 0 amide bonds. The maximum absolute atomic E-state index is 6.11. The third-order valence-electron chi connectivity index (χ3n) is 2.07. The van der Waals surface area contributed by atoms with Crippen molar-refractivity contribution in [2.24, 2.45) is 5.73 Å². The molecule has 0 fully saturated rings. The van der Waals surface area contributed by atoms with Gasteiger partial charge in [0, 0.05) is 10.0 Å². The number of halogens is 1. The van der Waals surface area contributed by atoms with Crippen molar-refractivity contribution in [2.45, 2.75) is 18.9 Å². The number of nitrogens with two attached hydrogens (primary N) is 1. The zero-order chi connectivity index (χ0) is 9.90. The zero-order valence-electron chi connectivity index (χ0n) is 7.76. The third-order valence-corrected chi connectivity index (χ3v) is 2.60. The van der Waals surface area contributed by atoms with Crippen molar-refractivity contribution in [1.82, 2.24) is 0 Å². The second-order valence-corrected chi connectivity index (χ2v) is 4.33. The first-order valence-electron chi connectivity index (χ1n) is 4.22. The molecule has 0 aliphatic rings. The number of benzene rings is 1. The van der Waals surface area contributed by atoms with Crippen LogP contribution in [0.4, 0.5) is 0 Å². The van der Waals surface area contributed by atoms with Gasteiger partial charge in [-0.3, -0.25) is 0 Å². The number of rotatable bonds is 3. The molecule has 2 heteroatoms. The van der Waals surface area contributed by atoms with E-state index in [0.717, 1.165) is 16.5 Å². The molecule has 1 aromatic rings. The van der Waals surface area contributed by atoms with Crippen LogP contribution in [0.2, 0.25) is 0 Å². The van der Waals surface area contributed by atoms with Crippen molar-refractivity contribution >= 4 is 15.9 Å². The van der Waals surface area contributed by atoms with E-state index in [1.54, 1.807) is 0 Å². The molecule has 0 aliphatic heterocycles. The van der Waals surface area contributed by atoms with E-state index in [9.17, 15) is 0 Å². The Bertz CT molecular complexity index is 287.